The first-order valence-corrected chi connectivity index (χ1v) is 13.5. The topological polar surface area (TPSA) is 102 Å². The SMILES string of the molecule is COc1ccc(-c2nc3c(c(N4CCc5c(OCC(=O)N(C)C)cccc54)n2)CS(=O)(=O)C3)cc1Cl. The number of benzene rings is 2. The molecule has 11 heteroatoms. The molecule has 1 aromatic heterocycles. The Bertz CT molecular complexity index is 1480. The van der Waals surface area contributed by atoms with Gasteiger partial charge < -0.3 is 19.3 Å². The second-order valence-electron chi connectivity index (χ2n) is 8.91. The van der Waals surface area contributed by atoms with Crippen LogP contribution in [0.4, 0.5) is 11.5 Å². The van der Waals surface area contributed by atoms with Gasteiger partial charge in [0.2, 0.25) is 0 Å². The van der Waals surface area contributed by atoms with E-state index in [1.54, 1.807) is 32.3 Å². The van der Waals surface area contributed by atoms with E-state index in [9.17, 15) is 13.2 Å². The maximum absolute atomic E-state index is 12.6. The standard InChI is InChI=1S/C25H25ClN4O5S/c1-29(2)23(31)12-35-21-6-4-5-20-16(21)9-10-30(20)25-17-13-36(32,33)14-19(17)27-24(28-25)15-7-8-22(34-3)18(26)11-15/h4-8,11H,9-10,12-14H2,1-3H3. The van der Waals surface area contributed by atoms with Crippen molar-refractivity contribution in [3.63, 3.8) is 0 Å². The van der Waals surface area contributed by atoms with Crippen LogP contribution in [0.25, 0.3) is 11.4 Å². The summed E-state index contributed by atoms with van der Waals surface area (Å²) in [4.78, 5) is 24.9. The van der Waals surface area contributed by atoms with Gasteiger partial charge in [-0.2, -0.15) is 0 Å². The van der Waals surface area contributed by atoms with Gasteiger partial charge in [-0.15, -0.1) is 0 Å². The Labute approximate surface area is 214 Å². The van der Waals surface area contributed by atoms with Crippen molar-refractivity contribution in [3.8, 4) is 22.9 Å². The number of aromatic nitrogens is 2. The Balaban J connectivity index is 1.57. The predicted octanol–water partition coefficient (Wildman–Crippen LogP) is 3.40. The fourth-order valence-electron chi connectivity index (χ4n) is 4.45. The number of ether oxygens (including phenoxy) is 2. The van der Waals surface area contributed by atoms with E-state index >= 15 is 0 Å². The van der Waals surface area contributed by atoms with E-state index in [1.807, 2.05) is 23.1 Å². The first kappa shape index (κ1) is 24.3. The summed E-state index contributed by atoms with van der Waals surface area (Å²) in [6.07, 6.45) is 0.664. The average molecular weight is 529 g/mol. The van der Waals surface area contributed by atoms with Crippen molar-refractivity contribution in [3.05, 3.63) is 58.2 Å². The van der Waals surface area contributed by atoms with Crippen LogP contribution >= 0.6 is 11.6 Å². The summed E-state index contributed by atoms with van der Waals surface area (Å²) in [7, 11) is 1.57. The van der Waals surface area contributed by atoms with Crippen molar-refractivity contribution in [2.24, 2.45) is 0 Å². The lowest BCUT2D eigenvalue weighted by Crippen LogP contribution is -2.27. The Morgan fingerprint density at radius 1 is 1.11 bits per heavy atom. The zero-order chi connectivity index (χ0) is 25.6. The highest BCUT2D eigenvalue weighted by molar-refractivity contribution is 7.90. The summed E-state index contributed by atoms with van der Waals surface area (Å²) < 4.78 is 36.2. The zero-order valence-electron chi connectivity index (χ0n) is 20.1. The van der Waals surface area contributed by atoms with E-state index in [0.717, 1.165) is 11.3 Å². The maximum Gasteiger partial charge on any atom is 0.259 e. The number of methoxy groups -OCH3 is 1. The number of hydrogen-bond acceptors (Lipinski definition) is 8. The number of anilines is 2. The highest BCUT2D eigenvalue weighted by Gasteiger charge is 2.35. The molecule has 36 heavy (non-hydrogen) atoms. The van der Waals surface area contributed by atoms with E-state index in [0.29, 0.717) is 58.0 Å². The summed E-state index contributed by atoms with van der Waals surface area (Å²) in [6.45, 7) is 0.524. The number of amides is 1. The molecule has 0 saturated heterocycles. The van der Waals surface area contributed by atoms with Gasteiger partial charge in [0.15, 0.2) is 22.3 Å². The molecule has 0 saturated carbocycles. The molecule has 2 aromatic carbocycles. The third-order valence-electron chi connectivity index (χ3n) is 6.29. The fourth-order valence-corrected chi connectivity index (χ4v) is 6.20. The monoisotopic (exact) mass is 528 g/mol. The Morgan fingerprint density at radius 2 is 1.92 bits per heavy atom. The molecule has 0 N–H and O–H groups in total. The van der Waals surface area contributed by atoms with Crippen molar-refractivity contribution in [2.45, 2.75) is 17.9 Å². The summed E-state index contributed by atoms with van der Waals surface area (Å²) >= 11 is 6.34. The lowest BCUT2D eigenvalue weighted by Gasteiger charge is -2.22. The van der Waals surface area contributed by atoms with Crippen molar-refractivity contribution < 1.29 is 22.7 Å². The first-order chi connectivity index (χ1) is 17.2. The minimum atomic E-state index is -3.33. The van der Waals surface area contributed by atoms with Crippen LogP contribution in [0.1, 0.15) is 16.8 Å². The predicted molar refractivity (Wildman–Crippen MR) is 137 cm³/mol. The Kier molecular flexibility index (Phi) is 6.25. The number of halogens is 1. The van der Waals surface area contributed by atoms with E-state index < -0.39 is 9.84 Å². The minimum Gasteiger partial charge on any atom is -0.495 e. The van der Waals surface area contributed by atoms with Crippen molar-refractivity contribution in [1.29, 1.82) is 0 Å². The largest absolute Gasteiger partial charge is 0.495 e. The molecule has 0 fully saturated rings. The van der Waals surface area contributed by atoms with Crippen LogP contribution in [0.2, 0.25) is 5.02 Å². The molecule has 0 unspecified atom stereocenters. The van der Waals surface area contributed by atoms with Crippen LogP contribution in [0.5, 0.6) is 11.5 Å². The van der Waals surface area contributed by atoms with Gasteiger partial charge in [0.05, 0.1) is 29.3 Å². The molecule has 5 rings (SSSR count). The number of fused-ring (bicyclic) bond motifs is 2. The van der Waals surface area contributed by atoms with Crippen molar-refractivity contribution >= 4 is 38.9 Å². The van der Waals surface area contributed by atoms with Crippen LogP contribution in [0, 0.1) is 0 Å². The molecule has 0 spiro atoms. The number of likely N-dealkylation sites (N-methyl/N-ethyl adjacent to an activating group) is 1. The normalized spacial score (nSPS) is 15.4. The van der Waals surface area contributed by atoms with Crippen LogP contribution < -0.4 is 14.4 Å². The smallest absolute Gasteiger partial charge is 0.259 e. The van der Waals surface area contributed by atoms with Gasteiger partial charge >= 0.3 is 0 Å². The first-order valence-electron chi connectivity index (χ1n) is 11.3. The lowest BCUT2D eigenvalue weighted by molar-refractivity contribution is -0.130. The molecule has 188 valence electrons. The average Bonchev–Trinajstić information content (AvgIpc) is 3.41. The molecule has 0 bridgehead atoms. The molecule has 3 aromatic rings. The van der Waals surface area contributed by atoms with Crippen LogP contribution in [-0.2, 0) is 32.6 Å². The van der Waals surface area contributed by atoms with E-state index in [2.05, 4.69) is 4.98 Å². The molecule has 2 aliphatic heterocycles. The van der Waals surface area contributed by atoms with Crippen LogP contribution in [0.3, 0.4) is 0 Å². The molecule has 1 amide bonds. The van der Waals surface area contributed by atoms with E-state index in [1.165, 1.54) is 12.0 Å². The second kappa shape index (κ2) is 9.25. The quantitative estimate of drug-likeness (QED) is 0.480. The van der Waals surface area contributed by atoms with Gasteiger partial charge in [-0.1, -0.05) is 17.7 Å². The number of carbonyl (C=O) groups is 1. The maximum atomic E-state index is 12.6. The number of carbonyl (C=O) groups excluding carboxylic acids is 1. The molecule has 3 heterocycles. The van der Waals surface area contributed by atoms with Crippen molar-refractivity contribution in [1.82, 2.24) is 14.9 Å². The number of sulfone groups is 1. The van der Waals surface area contributed by atoms with Gasteiger partial charge in [-0.25, -0.2) is 18.4 Å². The third kappa shape index (κ3) is 4.46. The Hall–Kier alpha value is -3.37. The van der Waals surface area contributed by atoms with Gasteiger partial charge in [-0.3, -0.25) is 4.79 Å². The van der Waals surface area contributed by atoms with Gasteiger partial charge in [0.1, 0.15) is 17.3 Å². The fraction of sp³-hybridized carbons (Fsp3) is 0.320. The summed E-state index contributed by atoms with van der Waals surface area (Å²) in [6, 6.07) is 10.9. The van der Waals surface area contributed by atoms with Crippen LogP contribution in [0.15, 0.2) is 36.4 Å². The summed E-state index contributed by atoms with van der Waals surface area (Å²) in [5.74, 6) is 1.73. The molecule has 0 atom stereocenters. The molecule has 2 aliphatic rings. The van der Waals surface area contributed by atoms with E-state index in [4.69, 9.17) is 26.1 Å². The lowest BCUT2D eigenvalue weighted by atomic mass is 10.1. The number of nitrogens with zero attached hydrogens (tertiary/aromatic N) is 4. The Morgan fingerprint density at radius 3 is 2.64 bits per heavy atom. The van der Waals surface area contributed by atoms with Gasteiger partial charge in [-0.05, 0) is 36.8 Å². The van der Waals surface area contributed by atoms with Gasteiger partial charge in [0.25, 0.3) is 5.91 Å². The third-order valence-corrected chi connectivity index (χ3v) is 8.03. The molecule has 0 aliphatic carbocycles. The summed E-state index contributed by atoms with van der Waals surface area (Å²) in [5, 5.41) is 0.411. The van der Waals surface area contributed by atoms with Crippen LogP contribution in [-0.4, -0.2) is 63.5 Å². The second-order valence-corrected chi connectivity index (χ2v) is 11.4. The zero-order valence-corrected chi connectivity index (χ0v) is 21.7. The number of hydrogen-bond donors (Lipinski definition) is 0. The summed E-state index contributed by atoms with van der Waals surface area (Å²) in [5.41, 5.74) is 3.59. The van der Waals surface area contributed by atoms with Crippen molar-refractivity contribution in [2.75, 3.05) is 39.3 Å². The molecule has 0 radical (unpaired) electrons. The molecular formula is C25H25ClN4O5S. The highest BCUT2D eigenvalue weighted by Crippen LogP contribution is 2.43. The van der Waals surface area contributed by atoms with E-state index in [-0.39, 0.29) is 24.0 Å². The minimum absolute atomic E-state index is 0.0625. The highest BCUT2D eigenvalue weighted by atomic mass is 35.5. The van der Waals surface area contributed by atoms with Gasteiger partial charge in [0, 0.05) is 43.0 Å². The molecule has 9 nitrogen and oxygen atoms in total. The molecular weight excluding hydrogens is 504 g/mol. The number of rotatable bonds is 6.